The topological polar surface area (TPSA) is 46.2 Å². The Bertz CT molecular complexity index is 157. The average molecular weight is 243 g/mol. The van der Waals surface area contributed by atoms with E-state index in [1.807, 2.05) is 0 Å². The largest absolute Gasteiger partial charge is 0.376 e. The second-order valence-electron chi connectivity index (χ2n) is 5.43. The van der Waals surface area contributed by atoms with E-state index in [1.54, 1.807) is 0 Å². The van der Waals surface area contributed by atoms with E-state index < -0.39 is 5.72 Å². The lowest BCUT2D eigenvalue weighted by Crippen LogP contribution is -2.39. The van der Waals surface area contributed by atoms with E-state index in [9.17, 15) is 5.11 Å². The quantitative estimate of drug-likeness (QED) is 0.395. The first-order chi connectivity index (χ1) is 8.12. The minimum Gasteiger partial charge on any atom is -0.376 e. The lowest BCUT2D eigenvalue weighted by atomic mass is 9.98. The van der Waals surface area contributed by atoms with Crippen molar-refractivity contribution in [2.45, 2.75) is 96.6 Å². The van der Waals surface area contributed by atoms with Crippen molar-refractivity contribution in [2.24, 2.45) is 5.73 Å². The summed E-state index contributed by atoms with van der Waals surface area (Å²) >= 11 is 0. The monoisotopic (exact) mass is 243 g/mol. The highest BCUT2D eigenvalue weighted by Crippen LogP contribution is 2.18. The molecule has 2 heteroatoms. The van der Waals surface area contributed by atoms with Crippen LogP contribution in [0.25, 0.3) is 0 Å². The van der Waals surface area contributed by atoms with Crippen molar-refractivity contribution in [2.75, 3.05) is 0 Å². The summed E-state index contributed by atoms with van der Waals surface area (Å²) in [6.45, 7) is 4.41. The molecule has 3 N–H and O–H groups in total. The Morgan fingerprint density at radius 3 is 1.59 bits per heavy atom. The smallest absolute Gasteiger partial charge is 0.113 e. The Balaban J connectivity index is 3.32. The Labute approximate surface area is 108 Å². The van der Waals surface area contributed by atoms with Gasteiger partial charge in [-0.2, -0.15) is 0 Å². The maximum Gasteiger partial charge on any atom is 0.113 e. The molecule has 0 fully saturated rings. The predicted octanol–water partition coefficient (Wildman–Crippen LogP) is 4.35. The second kappa shape index (κ2) is 11.0. The third-order valence-corrected chi connectivity index (χ3v) is 3.43. The third kappa shape index (κ3) is 12.2. The van der Waals surface area contributed by atoms with Crippen LogP contribution in [0.15, 0.2) is 0 Å². The van der Waals surface area contributed by atoms with Crippen molar-refractivity contribution in [1.29, 1.82) is 0 Å². The van der Waals surface area contributed by atoms with Crippen LogP contribution in [0.4, 0.5) is 0 Å². The Kier molecular flexibility index (Phi) is 11.0. The van der Waals surface area contributed by atoms with Crippen molar-refractivity contribution < 1.29 is 5.11 Å². The van der Waals surface area contributed by atoms with Crippen molar-refractivity contribution in [3.05, 3.63) is 0 Å². The summed E-state index contributed by atoms with van der Waals surface area (Å²) in [7, 11) is 0. The van der Waals surface area contributed by atoms with Gasteiger partial charge in [0.1, 0.15) is 5.72 Å². The molecule has 0 aromatic heterocycles. The molecule has 1 unspecified atom stereocenters. The third-order valence-electron chi connectivity index (χ3n) is 3.43. The van der Waals surface area contributed by atoms with Gasteiger partial charge in [-0.05, 0) is 25.7 Å². The Morgan fingerprint density at radius 2 is 1.06 bits per heavy atom. The summed E-state index contributed by atoms with van der Waals surface area (Å²) in [4.78, 5) is 0. The van der Waals surface area contributed by atoms with Crippen molar-refractivity contribution in [3.8, 4) is 0 Å². The standard InChI is InChI=1S/C15H33NO/c1-3-5-7-8-9-10-12-14-15(16,17)13-11-6-4-2/h17H,3-14,16H2,1-2H3. The van der Waals surface area contributed by atoms with Crippen LogP contribution in [0.1, 0.15) is 90.9 Å². The fourth-order valence-electron chi connectivity index (χ4n) is 2.19. The molecule has 104 valence electrons. The van der Waals surface area contributed by atoms with Gasteiger partial charge < -0.3 is 10.8 Å². The maximum absolute atomic E-state index is 9.96. The molecule has 0 heterocycles. The highest BCUT2D eigenvalue weighted by Gasteiger charge is 2.19. The minimum absolute atomic E-state index is 0.761. The van der Waals surface area contributed by atoms with E-state index >= 15 is 0 Å². The van der Waals surface area contributed by atoms with Gasteiger partial charge in [-0.15, -0.1) is 0 Å². The average Bonchev–Trinajstić information content (AvgIpc) is 2.28. The van der Waals surface area contributed by atoms with E-state index in [-0.39, 0.29) is 0 Å². The summed E-state index contributed by atoms with van der Waals surface area (Å²) in [6, 6.07) is 0. The van der Waals surface area contributed by atoms with Gasteiger partial charge in [0.15, 0.2) is 0 Å². The molecule has 0 amide bonds. The van der Waals surface area contributed by atoms with Crippen LogP contribution in [-0.4, -0.2) is 10.8 Å². The summed E-state index contributed by atoms with van der Waals surface area (Å²) in [6.07, 6.45) is 13.9. The summed E-state index contributed by atoms with van der Waals surface area (Å²) in [5.41, 5.74) is 4.97. The molecule has 0 rings (SSSR count). The van der Waals surface area contributed by atoms with Crippen LogP contribution in [-0.2, 0) is 0 Å². The summed E-state index contributed by atoms with van der Waals surface area (Å²) in [5.74, 6) is 0. The zero-order valence-corrected chi connectivity index (χ0v) is 12.0. The van der Waals surface area contributed by atoms with Gasteiger partial charge in [0.25, 0.3) is 0 Å². The number of nitrogens with two attached hydrogens (primary N) is 1. The number of hydrogen-bond acceptors (Lipinski definition) is 2. The summed E-state index contributed by atoms with van der Waals surface area (Å²) in [5, 5.41) is 9.96. The molecule has 0 saturated carbocycles. The molecule has 17 heavy (non-hydrogen) atoms. The van der Waals surface area contributed by atoms with Gasteiger partial charge in [-0.1, -0.05) is 65.2 Å². The molecular formula is C15H33NO. The van der Waals surface area contributed by atoms with E-state index in [1.165, 1.54) is 51.4 Å². The molecular weight excluding hydrogens is 210 g/mol. The molecule has 0 radical (unpaired) electrons. The van der Waals surface area contributed by atoms with Crippen molar-refractivity contribution in [1.82, 2.24) is 0 Å². The molecule has 1 atom stereocenters. The van der Waals surface area contributed by atoms with E-state index in [2.05, 4.69) is 13.8 Å². The minimum atomic E-state index is -0.904. The molecule has 0 aromatic carbocycles. The molecule has 0 bridgehead atoms. The maximum atomic E-state index is 9.96. The SMILES string of the molecule is CCCCCCCCCC(N)(O)CCCCC. The predicted molar refractivity (Wildman–Crippen MR) is 75.9 cm³/mol. The summed E-state index contributed by atoms with van der Waals surface area (Å²) < 4.78 is 0. The highest BCUT2D eigenvalue weighted by atomic mass is 16.3. The van der Waals surface area contributed by atoms with E-state index in [4.69, 9.17) is 5.73 Å². The first-order valence-corrected chi connectivity index (χ1v) is 7.63. The van der Waals surface area contributed by atoms with Crippen LogP contribution < -0.4 is 5.73 Å². The fraction of sp³-hybridized carbons (Fsp3) is 1.00. The molecule has 0 spiro atoms. The number of aliphatic hydroxyl groups is 1. The fourth-order valence-corrected chi connectivity index (χ4v) is 2.19. The number of unbranched alkanes of at least 4 members (excludes halogenated alkanes) is 8. The van der Waals surface area contributed by atoms with Crippen LogP contribution in [0, 0.1) is 0 Å². The normalized spacial score (nSPS) is 14.8. The molecule has 0 aliphatic carbocycles. The number of rotatable bonds is 12. The lowest BCUT2D eigenvalue weighted by molar-refractivity contribution is 0.0242. The van der Waals surface area contributed by atoms with Gasteiger partial charge in [0.05, 0.1) is 0 Å². The van der Waals surface area contributed by atoms with Gasteiger partial charge in [0, 0.05) is 0 Å². The molecule has 0 aliphatic heterocycles. The number of hydrogen-bond donors (Lipinski definition) is 2. The first-order valence-electron chi connectivity index (χ1n) is 7.63. The first kappa shape index (κ1) is 16.9. The van der Waals surface area contributed by atoms with Crippen LogP contribution >= 0.6 is 0 Å². The Hall–Kier alpha value is -0.0800. The van der Waals surface area contributed by atoms with Gasteiger partial charge in [-0.3, -0.25) is 0 Å². The van der Waals surface area contributed by atoms with Crippen LogP contribution in [0.5, 0.6) is 0 Å². The van der Waals surface area contributed by atoms with Crippen LogP contribution in [0.2, 0.25) is 0 Å². The molecule has 0 aliphatic rings. The van der Waals surface area contributed by atoms with E-state index in [0.717, 1.165) is 25.7 Å². The highest BCUT2D eigenvalue weighted by molar-refractivity contribution is 4.70. The van der Waals surface area contributed by atoms with Crippen molar-refractivity contribution in [3.63, 3.8) is 0 Å². The van der Waals surface area contributed by atoms with Gasteiger partial charge in [0.2, 0.25) is 0 Å². The van der Waals surface area contributed by atoms with E-state index in [0.29, 0.717) is 0 Å². The van der Waals surface area contributed by atoms with Gasteiger partial charge in [-0.25, -0.2) is 0 Å². The second-order valence-corrected chi connectivity index (χ2v) is 5.43. The van der Waals surface area contributed by atoms with Crippen LogP contribution in [0.3, 0.4) is 0 Å². The molecule has 0 aromatic rings. The van der Waals surface area contributed by atoms with Gasteiger partial charge >= 0.3 is 0 Å². The molecule has 2 nitrogen and oxygen atoms in total. The molecule has 0 saturated heterocycles. The lowest BCUT2D eigenvalue weighted by Gasteiger charge is -2.23. The zero-order chi connectivity index (χ0) is 13.0. The Morgan fingerprint density at radius 1 is 0.706 bits per heavy atom. The van der Waals surface area contributed by atoms with Crippen molar-refractivity contribution >= 4 is 0 Å². The zero-order valence-electron chi connectivity index (χ0n) is 12.0.